The summed E-state index contributed by atoms with van der Waals surface area (Å²) in [5.41, 5.74) is 3.20. The van der Waals surface area contributed by atoms with E-state index in [0.29, 0.717) is 18.2 Å². The number of anilines is 1. The second kappa shape index (κ2) is 7.51. The zero-order valence-electron chi connectivity index (χ0n) is 15.0. The van der Waals surface area contributed by atoms with Crippen molar-refractivity contribution in [3.05, 3.63) is 47.4 Å². The summed E-state index contributed by atoms with van der Waals surface area (Å²) < 4.78 is 5.93. The SMILES string of the molecule is Cc1nccc(OC2CCCN(C(=O)Nc3ccc(C)c(C)c3)C2)n1. The highest BCUT2D eigenvalue weighted by Gasteiger charge is 2.25. The van der Waals surface area contributed by atoms with Gasteiger partial charge in [0.2, 0.25) is 5.88 Å². The first-order valence-electron chi connectivity index (χ1n) is 8.61. The van der Waals surface area contributed by atoms with E-state index in [1.807, 2.05) is 32.0 Å². The minimum Gasteiger partial charge on any atom is -0.472 e. The Kier molecular flexibility index (Phi) is 5.16. The van der Waals surface area contributed by atoms with E-state index in [1.165, 1.54) is 5.56 Å². The molecule has 0 radical (unpaired) electrons. The monoisotopic (exact) mass is 340 g/mol. The molecular formula is C19H24N4O2. The number of aryl methyl sites for hydroxylation is 3. The van der Waals surface area contributed by atoms with Crippen LogP contribution in [0.5, 0.6) is 5.88 Å². The van der Waals surface area contributed by atoms with Crippen LogP contribution < -0.4 is 10.1 Å². The van der Waals surface area contributed by atoms with Gasteiger partial charge in [-0.3, -0.25) is 0 Å². The highest BCUT2D eigenvalue weighted by atomic mass is 16.5. The Labute approximate surface area is 148 Å². The van der Waals surface area contributed by atoms with E-state index in [4.69, 9.17) is 4.74 Å². The van der Waals surface area contributed by atoms with Crippen molar-refractivity contribution >= 4 is 11.7 Å². The molecule has 1 N–H and O–H groups in total. The van der Waals surface area contributed by atoms with Gasteiger partial charge in [0.25, 0.3) is 0 Å². The molecule has 1 aliphatic rings. The summed E-state index contributed by atoms with van der Waals surface area (Å²) in [4.78, 5) is 22.7. The van der Waals surface area contributed by atoms with Crippen molar-refractivity contribution in [1.29, 1.82) is 0 Å². The molecule has 1 unspecified atom stereocenters. The summed E-state index contributed by atoms with van der Waals surface area (Å²) >= 11 is 0. The molecular weight excluding hydrogens is 316 g/mol. The minimum absolute atomic E-state index is 0.0476. The highest BCUT2D eigenvalue weighted by molar-refractivity contribution is 5.89. The molecule has 1 aliphatic heterocycles. The van der Waals surface area contributed by atoms with Gasteiger partial charge in [-0.25, -0.2) is 9.78 Å². The fraction of sp³-hybridized carbons (Fsp3) is 0.421. The third kappa shape index (κ3) is 4.47. The van der Waals surface area contributed by atoms with Crippen LogP contribution in [0, 0.1) is 20.8 Å². The number of rotatable bonds is 3. The van der Waals surface area contributed by atoms with E-state index in [-0.39, 0.29) is 12.1 Å². The number of urea groups is 1. The maximum Gasteiger partial charge on any atom is 0.321 e. The molecule has 3 rings (SSSR count). The predicted molar refractivity (Wildman–Crippen MR) is 96.9 cm³/mol. The Hall–Kier alpha value is -2.63. The number of nitrogens with zero attached hydrogens (tertiary/aromatic N) is 3. The van der Waals surface area contributed by atoms with Crippen molar-refractivity contribution < 1.29 is 9.53 Å². The second-order valence-corrected chi connectivity index (χ2v) is 6.50. The zero-order chi connectivity index (χ0) is 17.8. The van der Waals surface area contributed by atoms with Gasteiger partial charge in [-0.15, -0.1) is 0 Å². The first-order valence-corrected chi connectivity index (χ1v) is 8.61. The molecule has 0 saturated carbocycles. The smallest absolute Gasteiger partial charge is 0.321 e. The lowest BCUT2D eigenvalue weighted by Gasteiger charge is -2.32. The second-order valence-electron chi connectivity index (χ2n) is 6.50. The summed E-state index contributed by atoms with van der Waals surface area (Å²) in [7, 11) is 0. The van der Waals surface area contributed by atoms with Crippen LogP contribution in [0.4, 0.5) is 10.5 Å². The molecule has 0 aliphatic carbocycles. The number of aromatic nitrogens is 2. The summed E-state index contributed by atoms with van der Waals surface area (Å²) in [6, 6.07) is 7.61. The number of nitrogens with one attached hydrogen (secondary N) is 1. The Morgan fingerprint density at radius 3 is 2.84 bits per heavy atom. The molecule has 2 aromatic rings. The van der Waals surface area contributed by atoms with Gasteiger partial charge in [-0.2, -0.15) is 4.98 Å². The van der Waals surface area contributed by atoms with Gasteiger partial charge in [0.1, 0.15) is 11.9 Å². The third-order valence-corrected chi connectivity index (χ3v) is 4.46. The molecule has 1 aromatic heterocycles. The Morgan fingerprint density at radius 2 is 2.08 bits per heavy atom. The number of ether oxygens (including phenoxy) is 1. The van der Waals surface area contributed by atoms with Crippen LogP contribution in [-0.2, 0) is 0 Å². The molecule has 1 saturated heterocycles. The number of carbonyl (C=O) groups is 1. The average Bonchev–Trinajstić information content (AvgIpc) is 2.58. The molecule has 1 aromatic carbocycles. The van der Waals surface area contributed by atoms with Crippen LogP contribution in [-0.4, -0.2) is 40.1 Å². The molecule has 2 amide bonds. The number of hydrogen-bond acceptors (Lipinski definition) is 4. The molecule has 0 spiro atoms. The molecule has 6 heteroatoms. The van der Waals surface area contributed by atoms with Crippen molar-refractivity contribution in [2.24, 2.45) is 0 Å². The third-order valence-electron chi connectivity index (χ3n) is 4.46. The fourth-order valence-corrected chi connectivity index (χ4v) is 2.91. The van der Waals surface area contributed by atoms with Crippen LogP contribution in [0.3, 0.4) is 0 Å². The Bertz CT molecular complexity index is 763. The van der Waals surface area contributed by atoms with Crippen molar-refractivity contribution in [1.82, 2.24) is 14.9 Å². The molecule has 0 bridgehead atoms. The van der Waals surface area contributed by atoms with E-state index in [0.717, 1.165) is 30.6 Å². The van der Waals surface area contributed by atoms with Crippen molar-refractivity contribution in [3.63, 3.8) is 0 Å². The van der Waals surface area contributed by atoms with Crippen molar-refractivity contribution in [2.45, 2.75) is 39.7 Å². The number of likely N-dealkylation sites (tertiary alicyclic amines) is 1. The molecule has 1 atom stereocenters. The Balaban J connectivity index is 1.60. The van der Waals surface area contributed by atoms with Crippen LogP contribution in [0.2, 0.25) is 0 Å². The molecule has 1 fully saturated rings. The van der Waals surface area contributed by atoms with Gasteiger partial charge in [-0.05, 0) is 56.9 Å². The van der Waals surface area contributed by atoms with Crippen molar-refractivity contribution in [2.75, 3.05) is 18.4 Å². The lowest BCUT2D eigenvalue weighted by Crippen LogP contribution is -2.46. The topological polar surface area (TPSA) is 67.3 Å². The lowest BCUT2D eigenvalue weighted by atomic mass is 10.1. The van der Waals surface area contributed by atoms with E-state index in [9.17, 15) is 4.79 Å². The van der Waals surface area contributed by atoms with Gasteiger partial charge in [0, 0.05) is 24.5 Å². The molecule has 132 valence electrons. The van der Waals surface area contributed by atoms with Crippen molar-refractivity contribution in [3.8, 4) is 5.88 Å². The molecule has 25 heavy (non-hydrogen) atoms. The highest BCUT2D eigenvalue weighted by Crippen LogP contribution is 2.19. The van der Waals surface area contributed by atoms with E-state index in [1.54, 1.807) is 17.2 Å². The number of benzene rings is 1. The minimum atomic E-state index is -0.0876. The summed E-state index contributed by atoms with van der Waals surface area (Å²) in [5.74, 6) is 1.24. The summed E-state index contributed by atoms with van der Waals surface area (Å²) in [6.45, 7) is 7.22. The van der Waals surface area contributed by atoms with E-state index < -0.39 is 0 Å². The fourth-order valence-electron chi connectivity index (χ4n) is 2.91. The van der Waals surface area contributed by atoms with Gasteiger partial charge in [0.05, 0.1) is 6.54 Å². The van der Waals surface area contributed by atoms with Gasteiger partial charge >= 0.3 is 6.03 Å². The van der Waals surface area contributed by atoms with E-state index >= 15 is 0 Å². The average molecular weight is 340 g/mol. The molecule has 2 heterocycles. The summed E-state index contributed by atoms with van der Waals surface area (Å²) in [6.07, 6.45) is 3.46. The lowest BCUT2D eigenvalue weighted by molar-refractivity contribution is 0.102. The summed E-state index contributed by atoms with van der Waals surface area (Å²) in [5, 5.41) is 2.98. The number of carbonyl (C=O) groups excluding carboxylic acids is 1. The van der Waals surface area contributed by atoms with Gasteiger partial charge in [0.15, 0.2) is 0 Å². The van der Waals surface area contributed by atoms with E-state index in [2.05, 4.69) is 22.2 Å². The molecule has 6 nitrogen and oxygen atoms in total. The largest absolute Gasteiger partial charge is 0.472 e. The van der Waals surface area contributed by atoms with Crippen LogP contribution in [0.15, 0.2) is 30.5 Å². The van der Waals surface area contributed by atoms with Crippen LogP contribution in [0.1, 0.15) is 29.8 Å². The van der Waals surface area contributed by atoms with Crippen LogP contribution >= 0.6 is 0 Å². The number of hydrogen-bond donors (Lipinski definition) is 1. The Morgan fingerprint density at radius 1 is 1.24 bits per heavy atom. The number of piperidine rings is 1. The quantitative estimate of drug-likeness (QED) is 0.929. The maximum absolute atomic E-state index is 12.5. The number of amides is 2. The maximum atomic E-state index is 12.5. The predicted octanol–water partition coefficient (Wildman–Crippen LogP) is 3.48. The first kappa shape index (κ1) is 17.2. The van der Waals surface area contributed by atoms with Gasteiger partial charge < -0.3 is 15.0 Å². The normalized spacial score (nSPS) is 17.2. The standard InChI is InChI=1S/C19H24N4O2/c1-13-6-7-16(11-14(13)2)22-19(24)23-10-4-5-17(12-23)25-18-8-9-20-15(3)21-18/h6-9,11,17H,4-5,10,12H2,1-3H3,(H,22,24). The first-order chi connectivity index (χ1) is 12.0. The van der Waals surface area contributed by atoms with Gasteiger partial charge in [-0.1, -0.05) is 6.07 Å². The van der Waals surface area contributed by atoms with Crippen LogP contribution in [0.25, 0.3) is 0 Å². The zero-order valence-corrected chi connectivity index (χ0v) is 15.0.